The highest BCUT2D eigenvalue weighted by Crippen LogP contribution is 2.69. The Balaban J connectivity index is 1.48. The Bertz CT molecular complexity index is 2320. The van der Waals surface area contributed by atoms with E-state index in [4.69, 9.17) is 4.74 Å². The van der Waals surface area contributed by atoms with E-state index >= 15 is 0 Å². The zero-order chi connectivity index (χ0) is 26.5. The number of ether oxygens (including phenoxy) is 1. The van der Waals surface area contributed by atoms with Crippen molar-refractivity contribution in [2.75, 3.05) is 0 Å². The van der Waals surface area contributed by atoms with Crippen molar-refractivity contribution in [3.8, 4) is 0 Å². The summed E-state index contributed by atoms with van der Waals surface area (Å²) in [6.07, 6.45) is 0. The molecule has 2 aliphatic rings. The molecule has 9 aromatic rings. The van der Waals surface area contributed by atoms with E-state index in [2.05, 4.69) is 133 Å². The molecule has 2 bridgehead atoms. The van der Waals surface area contributed by atoms with Crippen LogP contribution in [0, 0.1) is 0 Å². The molecule has 0 unspecified atom stereocenters. The molecule has 0 fully saturated rings. The van der Waals surface area contributed by atoms with Gasteiger partial charge in [-0.2, -0.15) is 0 Å². The van der Waals surface area contributed by atoms with E-state index in [1.807, 2.05) is 0 Å². The molecule has 1 heteroatoms. The molecule has 0 N–H and O–H groups in total. The fourth-order valence-corrected chi connectivity index (χ4v) is 8.86. The first-order valence-electron chi connectivity index (χ1n) is 14.4. The molecule has 0 aromatic heterocycles. The average Bonchev–Trinajstić information content (AvgIpc) is 3.69. The van der Waals surface area contributed by atoms with E-state index < -0.39 is 11.2 Å². The van der Waals surface area contributed by atoms with Crippen LogP contribution in [0.15, 0.2) is 133 Å². The molecule has 11 rings (SSSR count). The lowest BCUT2D eigenvalue weighted by atomic mass is 9.66. The zero-order valence-corrected chi connectivity index (χ0v) is 22.1. The molecule has 0 saturated heterocycles. The fraction of sp³-hybridized carbons (Fsp3) is 0.0500. The van der Waals surface area contributed by atoms with Crippen molar-refractivity contribution in [2.24, 2.45) is 0 Å². The smallest absolute Gasteiger partial charge is 0.147 e. The highest BCUT2D eigenvalue weighted by atomic mass is 16.5. The predicted molar refractivity (Wildman–Crippen MR) is 168 cm³/mol. The molecule has 0 spiro atoms. The van der Waals surface area contributed by atoms with Gasteiger partial charge in [0.25, 0.3) is 0 Å². The van der Waals surface area contributed by atoms with Crippen LogP contribution in [0.1, 0.15) is 33.4 Å². The summed E-state index contributed by atoms with van der Waals surface area (Å²) < 4.78 is 7.76. The Kier molecular flexibility index (Phi) is 3.39. The molecule has 188 valence electrons. The minimum absolute atomic E-state index is 0.720. The van der Waals surface area contributed by atoms with Crippen LogP contribution < -0.4 is 0 Å². The molecule has 9 aromatic carbocycles. The highest BCUT2D eigenvalue weighted by molar-refractivity contribution is 6.45. The third kappa shape index (κ3) is 2.06. The molecule has 41 heavy (non-hydrogen) atoms. The summed E-state index contributed by atoms with van der Waals surface area (Å²) in [5, 5.41) is 13.5. The van der Waals surface area contributed by atoms with Crippen LogP contribution in [-0.4, -0.2) is 0 Å². The zero-order valence-electron chi connectivity index (χ0n) is 22.1. The van der Waals surface area contributed by atoms with E-state index in [9.17, 15) is 0 Å². The van der Waals surface area contributed by atoms with Crippen LogP contribution >= 0.6 is 0 Å². The SMILES string of the molecule is c1ccc([C@@]23O[C@@](c4ccccc4)(c4ccccc42)c2c3c3ccc4ccc5ccc6ccc2c2c6c5c4c32)cc1. The summed E-state index contributed by atoms with van der Waals surface area (Å²) in [4.78, 5) is 0. The first kappa shape index (κ1) is 20.9. The summed E-state index contributed by atoms with van der Waals surface area (Å²) in [5.41, 5.74) is 6.03. The van der Waals surface area contributed by atoms with E-state index in [-0.39, 0.29) is 0 Å². The van der Waals surface area contributed by atoms with Crippen LogP contribution in [0.5, 0.6) is 0 Å². The molecule has 2 heterocycles. The maximum Gasteiger partial charge on any atom is 0.147 e. The first-order valence-corrected chi connectivity index (χ1v) is 14.4. The quantitative estimate of drug-likeness (QED) is 0.207. The van der Waals surface area contributed by atoms with E-state index in [0.29, 0.717) is 0 Å². The molecule has 1 nitrogen and oxygen atoms in total. The number of hydrogen-bond donors (Lipinski definition) is 0. The van der Waals surface area contributed by atoms with E-state index in [0.717, 1.165) is 0 Å². The van der Waals surface area contributed by atoms with E-state index in [1.165, 1.54) is 87.2 Å². The van der Waals surface area contributed by atoms with Crippen molar-refractivity contribution in [3.63, 3.8) is 0 Å². The van der Waals surface area contributed by atoms with Gasteiger partial charge >= 0.3 is 0 Å². The Morgan fingerprint density at radius 2 is 0.707 bits per heavy atom. The van der Waals surface area contributed by atoms with Crippen LogP contribution in [0.4, 0.5) is 0 Å². The Labute approximate surface area is 236 Å². The van der Waals surface area contributed by atoms with Gasteiger partial charge in [0.15, 0.2) is 0 Å². The van der Waals surface area contributed by atoms with Gasteiger partial charge in [0.2, 0.25) is 0 Å². The molecular weight excluding hydrogens is 496 g/mol. The topological polar surface area (TPSA) is 9.23 Å². The number of hydrogen-bond acceptors (Lipinski definition) is 1. The second-order valence-electron chi connectivity index (χ2n) is 11.9. The summed E-state index contributed by atoms with van der Waals surface area (Å²) in [5.74, 6) is 0. The maximum atomic E-state index is 7.76. The first-order chi connectivity index (χ1) is 20.3. The summed E-state index contributed by atoms with van der Waals surface area (Å²) in [7, 11) is 0. The van der Waals surface area contributed by atoms with Crippen molar-refractivity contribution >= 4 is 53.9 Å². The Morgan fingerprint density at radius 3 is 1.15 bits per heavy atom. The fourth-order valence-electron chi connectivity index (χ4n) is 8.86. The van der Waals surface area contributed by atoms with E-state index in [1.54, 1.807) is 0 Å². The van der Waals surface area contributed by atoms with Crippen molar-refractivity contribution in [3.05, 3.63) is 167 Å². The third-order valence-electron chi connectivity index (χ3n) is 10.2. The molecular formula is C40H22O. The minimum atomic E-state index is -0.720. The normalized spacial score (nSPS) is 21.3. The van der Waals surface area contributed by atoms with Gasteiger partial charge in [0, 0.05) is 11.1 Å². The van der Waals surface area contributed by atoms with Crippen molar-refractivity contribution in [1.29, 1.82) is 0 Å². The second-order valence-corrected chi connectivity index (χ2v) is 11.9. The molecule has 0 radical (unpaired) electrons. The average molecular weight is 519 g/mol. The van der Waals surface area contributed by atoms with Gasteiger partial charge < -0.3 is 4.74 Å². The summed E-state index contributed by atoms with van der Waals surface area (Å²) in [6.45, 7) is 0. The lowest BCUT2D eigenvalue weighted by molar-refractivity contribution is -0.0249. The summed E-state index contributed by atoms with van der Waals surface area (Å²) >= 11 is 0. The maximum absolute atomic E-state index is 7.76. The highest BCUT2D eigenvalue weighted by Gasteiger charge is 2.65. The largest absolute Gasteiger partial charge is 0.340 e. The molecule has 0 amide bonds. The predicted octanol–water partition coefficient (Wildman–Crippen LogP) is 9.69. The van der Waals surface area contributed by atoms with Gasteiger partial charge in [-0.1, -0.05) is 133 Å². The second kappa shape index (κ2) is 6.66. The lowest BCUT2D eigenvalue weighted by Crippen LogP contribution is -2.27. The van der Waals surface area contributed by atoms with Gasteiger partial charge in [0.1, 0.15) is 11.2 Å². The van der Waals surface area contributed by atoms with Crippen LogP contribution in [0.2, 0.25) is 0 Å². The van der Waals surface area contributed by atoms with Gasteiger partial charge in [-0.3, -0.25) is 0 Å². The Morgan fingerprint density at radius 1 is 0.341 bits per heavy atom. The lowest BCUT2D eigenvalue weighted by Gasteiger charge is -2.32. The number of fused-ring (bicyclic) bond motifs is 10. The van der Waals surface area contributed by atoms with Gasteiger partial charge in [-0.25, -0.2) is 0 Å². The molecule has 2 atom stereocenters. The van der Waals surface area contributed by atoms with Crippen LogP contribution in [0.25, 0.3) is 53.9 Å². The van der Waals surface area contributed by atoms with Crippen LogP contribution in [0.3, 0.4) is 0 Å². The number of benzene rings is 8. The minimum Gasteiger partial charge on any atom is -0.340 e. The molecule has 2 aliphatic heterocycles. The van der Waals surface area contributed by atoms with Crippen molar-refractivity contribution in [2.45, 2.75) is 11.2 Å². The standard InChI is InChI=1S/C40H22O/c1-3-9-26(10-4-1)39-30-13-7-8-14-31(30)40(41-39,27-11-5-2-6-12-27)38-29-22-20-25-18-16-23-15-17-24-19-21-28(37(38)39)35-33(24)32(23)34(25)36(29)35/h1-22H/t39-,40+. The number of rotatable bonds is 2. The van der Waals surface area contributed by atoms with Gasteiger partial charge in [0.05, 0.1) is 0 Å². The van der Waals surface area contributed by atoms with Crippen molar-refractivity contribution < 1.29 is 4.74 Å². The van der Waals surface area contributed by atoms with Gasteiger partial charge in [-0.15, -0.1) is 0 Å². The Hall–Kier alpha value is -4.98. The van der Waals surface area contributed by atoms with Gasteiger partial charge in [-0.05, 0) is 76.1 Å². The van der Waals surface area contributed by atoms with Crippen LogP contribution in [-0.2, 0) is 15.9 Å². The monoisotopic (exact) mass is 518 g/mol. The summed E-state index contributed by atoms with van der Waals surface area (Å²) in [6, 6.07) is 49.3. The molecule has 0 saturated carbocycles. The van der Waals surface area contributed by atoms with Crippen molar-refractivity contribution in [1.82, 2.24) is 0 Å². The third-order valence-corrected chi connectivity index (χ3v) is 10.2. The molecule has 0 aliphatic carbocycles.